The van der Waals surface area contributed by atoms with E-state index in [1.165, 1.54) is 11.1 Å². The summed E-state index contributed by atoms with van der Waals surface area (Å²) in [4.78, 5) is 0. The van der Waals surface area contributed by atoms with Gasteiger partial charge in [-0.3, -0.25) is 0 Å². The van der Waals surface area contributed by atoms with Crippen LogP contribution in [0, 0.1) is 5.41 Å². The first kappa shape index (κ1) is 13.7. The second-order valence-electron chi connectivity index (χ2n) is 5.34. The lowest BCUT2D eigenvalue weighted by Crippen LogP contribution is -2.40. The van der Waals surface area contributed by atoms with Gasteiger partial charge in [-0.2, -0.15) is 0 Å². The third-order valence-electron chi connectivity index (χ3n) is 4.31. The first-order chi connectivity index (χ1) is 8.65. The predicted octanol–water partition coefficient (Wildman–Crippen LogP) is 2.03. The molecule has 0 saturated heterocycles. The molecule has 4 nitrogen and oxygen atoms in total. The fraction of sp³-hybridized carbons (Fsp3) is 0.786. The first-order valence-electron chi connectivity index (χ1n) is 6.74. The Hall–Kier alpha value is -0.710. The molecule has 2 aliphatic rings. The van der Waals surface area contributed by atoms with Crippen LogP contribution < -0.4 is 5.73 Å². The number of rotatable bonds is 2. The van der Waals surface area contributed by atoms with Gasteiger partial charge >= 0.3 is 0 Å². The van der Waals surface area contributed by atoms with E-state index in [1.54, 1.807) is 14.2 Å². The summed E-state index contributed by atoms with van der Waals surface area (Å²) in [6.45, 7) is 0. The molecule has 3 N–H and O–H groups in total. The molecule has 2 fully saturated rings. The van der Waals surface area contributed by atoms with Gasteiger partial charge in [-0.25, -0.2) is 0 Å². The van der Waals surface area contributed by atoms with Crippen molar-refractivity contribution < 1.29 is 9.47 Å². The van der Waals surface area contributed by atoms with Crippen molar-refractivity contribution in [1.29, 1.82) is 5.41 Å². The van der Waals surface area contributed by atoms with Crippen molar-refractivity contribution in [3.05, 3.63) is 11.1 Å². The highest BCUT2D eigenvalue weighted by atomic mass is 16.5. The lowest BCUT2D eigenvalue weighted by molar-refractivity contribution is 0.0676. The minimum atomic E-state index is -0.0159. The van der Waals surface area contributed by atoms with Crippen LogP contribution in [-0.4, -0.2) is 38.2 Å². The molecule has 0 heterocycles. The summed E-state index contributed by atoms with van der Waals surface area (Å²) in [6, 6.07) is 0.166. The van der Waals surface area contributed by atoms with Gasteiger partial charge in [0.25, 0.3) is 0 Å². The Labute approximate surface area is 109 Å². The molecule has 0 radical (unpaired) electrons. The van der Waals surface area contributed by atoms with E-state index in [0.29, 0.717) is 0 Å². The molecule has 2 saturated carbocycles. The number of hydrogen-bond acceptors (Lipinski definition) is 4. The first-order valence-corrected chi connectivity index (χ1v) is 6.74. The van der Waals surface area contributed by atoms with Gasteiger partial charge in [-0.05, 0) is 32.1 Å². The molecule has 102 valence electrons. The minimum absolute atomic E-state index is 0.0159. The molecule has 0 spiro atoms. The Kier molecular flexibility index (Phi) is 4.54. The van der Waals surface area contributed by atoms with E-state index >= 15 is 0 Å². The van der Waals surface area contributed by atoms with Crippen LogP contribution >= 0.6 is 0 Å². The van der Waals surface area contributed by atoms with Crippen molar-refractivity contribution in [2.45, 2.75) is 56.8 Å². The van der Waals surface area contributed by atoms with Gasteiger partial charge in [0.1, 0.15) is 0 Å². The van der Waals surface area contributed by atoms with E-state index in [4.69, 9.17) is 20.6 Å². The average molecular weight is 252 g/mol. The summed E-state index contributed by atoms with van der Waals surface area (Å²) in [5.74, 6) is 0. The van der Waals surface area contributed by atoms with Crippen molar-refractivity contribution >= 4 is 5.71 Å². The van der Waals surface area contributed by atoms with Crippen molar-refractivity contribution in [1.82, 2.24) is 0 Å². The molecule has 3 atom stereocenters. The Morgan fingerprint density at radius 3 is 2.44 bits per heavy atom. The quantitative estimate of drug-likeness (QED) is 0.739. The molecule has 0 bridgehead atoms. The summed E-state index contributed by atoms with van der Waals surface area (Å²) in [5.41, 5.74) is 9.76. The molecular formula is C14H24N2O2. The van der Waals surface area contributed by atoms with Crippen LogP contribution in [0.2, 0.25) is 0 Å². The average Bonchev–Trinajstić information content (AvgIpc) is 2.40. The van der Waals surface area contributed by atoms with E-state index in [2.05, 4.69) is 0 Å². The van der Waals surface area contributed by atoms with Crippen LogP contribution in [0.4, 0.5) is 0 Å². The topological polar surface area (TPSA) is 68.3 Å². The van der Waals surface area contributed by atoms with E-state index in [9.17, 15) is 0 Å². The van der Waals surface area contributed by atoms with Gasteiger partial charge in [0.05, 0.1) is 12.2 Å². The largest absolute Gasteiger partial charge is 0.380 e. The van der Waals surface area contributed by atoms with Crippen LogP contribution in [0.25, 0.3) is 0 Å². The van der Waals surface area contributed by atoms with Gasteiger partial charge < -0.3 is 20.6 Å². The van der Waals surface area contributed by atoms with Crippen LogP contribution in [0.5, 0.6) is 0 Å². The predicted molar refractivity (Wildman–Crippen MR) is 72.0 cm³/mol. The molecule has 0 aliphatic heterocycles. The maximum atomic E-state index is 7.87. The number of ether oxygens (including phenoxy) is 2. The summed E-state index contributed by atoms with van der Waals surface area (Å²) < 4.78 is 10.9. The molecule has 4 heteroatoms. The lowest BCUT2D eigenvalue weighted by atomic mass is 9.80. The third-order valence-corrected chi connectivity index (χ3v) is 4.31. The zero-order chi connectivity index (χ0) is 13.1. The SMILES string of the molecule is COC1C/C(=C2/CCC(N)C(OC)C2)CCC1=N. The van der Waals surface area contributed by atoms with E-state index in [-0.39, 0.29) is 18.2 Å². The summed E-state index contributed by atoms with van der Waals surface area (Å²) in [7, 11) is 3.44. The molecule has 18 heavy (non-hydrogen) atoms. The smallest absolute Gasteiger partial charge is 0.0982 e. The molecular weight excluding hydrogens is 228 g/mol. The van der Waals surface area contributed by atoms with Crippen molar-refractivity contribution in [2.24, 2.45) is 5.73 Å². The van der Waals surface area contributed by atoms with Crippen LogP contribution in [0.15, 0.2) is 11.1 Å². The Bertz CT molecular complexity index is 352. The molecule has 0 aromatic rings. The monoisotopic (exact) mass is 252 g/mol. The van der Waals surface area contributed by atoms with Gasteiger partial charge in [0, 0.05) is 32.4 Å². The molecule has 2 aliphatic carbocycles. The molecule has 0 amide bonds. The zero-order valence-electron chi connectivity index (χ0n) is 11.4. The highest BCUT2D eigenvalue weighted by Gasteiger charge is 2.29. The van der Waals surface area contributed by atoms with E-state index < -0.39 is 0 Å². The highest BCUT2D eigenvalue weighted by molar-refractivity contribution is 5.87. The minimum Gasteiger partial charge on any atom is -0.380 e. The Morgan fingerprint density at radius 2 is 1.78 bits per heavy atom. The molecule has 2 rings (SSSR count). The molecule has 3 unspecified atom stereocenters. The second kappa shape index (κ2) is 5.95. The van der Waals surface area contributed by atoms with Crippen LogP contribution in [0.1, 0.15) is 38.5 Å². The van der Waals surface area contributed by atoms with Gasteiger partial charge in [0.2, 0.25) is 0 Å². The maximum absolute atomic E-state index is 7.87. The maximum Gasteiger partial charge on any atom is 0.0982 e. The molecule has 0 aromatic carbocycles. The van der Waals surface area contributed by atoms with E-state index in [1.807, 2.05) is 0 Å². The number of nitrogens with one attached hydrogen (secondary N) is 1. The standard InChI is InChI=1S/C14H24N2O2/c1-17-13-7-9(3-5-11(13)15)10-4-6-12(16)14(8-10)18-2/h11,13-14,16H,3-8,15H2,1-2H3/b10-9-,16-12?. The Balaban J connectivity index is 2.09. The third kappa shape index (κ3) is 2.82. The summed E-state index contributed by atoms with van der Waals surface area (Å²) in [6.07, 6.45) is 5.92. The van der Waals surface area contributed by atoms with Crippen LogP contribution in [-0.2, 0) is 9.47 Å². The zero-order valence-corrected chi connectivity index (χ0v) is 11.4. The van der Waals surface area contributed by atoms with Crippen molar-refractivity contribution in [2.75, 3.05) is 14.2 Å². The number of hydrogen-bond donors (Lipinski definition) is 2. The fourth-order valence-corrected chi connectivity index (χ4v) is 3.04. The van der Waals surface area contributed by atoms with Gasteiger partial charge in [-0.15, -0.1) is 0 Å². The van der Waals surface area contributed by atoms with Crippen molar-refractivity contribution in [3.8, 4) is 0 Å². The highest BCUT2D eigenvalue weighted by Crippen LogP contribution is 2.34. The number of methoxy groups -OCH3 is 2. The van der Waals surface area contributed by atoms with Gasteiger partial charge in [0.15, 0.2) is 0 Å². The summed E-state index contributed by atoms with van der Waals surface area (Å²) >= 11 is 0. The molecule has 0 aromatic heterocycles. The van der Waals surface area contributed by atoms with Crippen molar-refractivity contribution in [3.63, 3.8) is 0 Å². The fourth-order valence-electron chi connectivity index (χ4n) is 3.04. The number of nitrogens with two attached hydrogens (primary N) is 1. The summed E-state index contributed by atoms with van der Waals surface area (Å²) in [5, 5.41) is 7.87. The lowest BCUT2D eigenvalue weighted by Gasteiger charge is -2.33. The Morgan fingerprint density at radius 1 is 1.06 bits per heavy atom. The second-order valence-corrected chi connectivity index (χ2v) is 5.34. The van der Waals surface area contributed by atoms with E-state index in [0.717, 1.165) is 44.2 Å². The van der Waals surface area contributed by atoms with Gasteiger partial charge in [-0.1, -0.05) is 11.1 Å². The van der Waals surface area contributed by atoms with Crippen LogP contribution in [0.3, 0.4) is 0 Å². The normalized spacial score (nSPS) is 37.9.